The van der Waals surface area contributed by atoms with Gasteiger partial charge in [-0.15, -0.1) is 0 Å². The molecule has 0 aliphatic rings. The molecule has 0 saturated heterocycles. The molecule has 0 radical (unpaired) electrons. The van der Waals surface area contributed by atoms with E-state index in [9.17, 15) is 13.2 Å². The van der Waals surface area contributed by atoms with Gasteiger partial charge in [-0.2, -0.15) is 5.26 Å². The highest BCUT2D eigenvalue weighted by molar-refractivity contribution is 7.89. The number of hydrogen-bond donors (Lipinski definition) is 1. The van der Waals surface area contributed by atoms with Gasteiger partial charge in [0.1, 0.15) is 11.8 Å². The van der Waals surface area contributed by atoms with Crippen LogP contribution in [0.25, 0.3) is 16.0 Å². The monoisotopic (exact) mass is 490 g/mol. The van der Waals surface area contributed by atoms with Crippen molar-refractivity contribution in [3.8, 4) is 17.2 Å². The highest BCUT2D eigenvalue weighted by atomic mass is 32.2. The van der Waals surface area contributed by atoms with Gasteiger partial charge in [-0.05, 0) is 43.0 Å². The first-order chi connectivity index (χ1) is 16.8. The van der Waals surface area contributed by atoms with Gasteiger partial charge in [0.05, 0.1) is 23.6 Å². The summed E-state index contributed by atoms with van der Waals surface area (Å²) in [5, 5.41) is 9.17. The maximum atomic E-state index is 12.7. The first-order valence-corrected chi connectivity index (χ1v) is 12.6. The van der Waals surface area contributed by atoms with Crippen LogP contribution in [0.4, 0.5) is 5.69 Å². The molecule has 180 valence electrons. The van der Waals surface area contributed by atoms with Crippen LogP contribution in [0.1, 0.15) is 41.2 Å². The molecule has 9 heteroatoms. The Kier molecular flexibility index (Phi) is 8.08. The van der Waals surface area contributed by atoms with E-state index in [1.54, 1.807) is 30.7 Å². The number of nitrogens with one attached hydrogen (secondary N) is 1. The van der Waals surface area contributed by atoms with E-state index in [0.29, 0.717) is 35.3 Å². The third-order valence-corrected chi connectivity index (χ3v) is 7.17. The van der Waals surface area contributed by atoms with Crippen LogP contribution in [0.15, 0.2) is 53.4 Å². The molecule has 0 amide bonds. The minimum absolute atomic E-state index is 0.0492. The lowest BCUT2D eigenvalue weighted by Gasteiger charge is -2.10. The molecule has 1 N–H and O–H groups in total. The quantitative estimate of drug-likeness (QED) is 0.354. The van der Waals surface area contributed by atoms with E-state index in [2.05, 4.69) is 9.57 Å². The SMILES string of the molecule is [C-]#[N+]c1c(-c2ccc(CCNS(=O)(=O)c3ccccc3C#N)cc2)c(C(=O)OCC)n(C)c1CC. The average Bonchev–Trinajstić information content (AvgIpc) is 3.15. The van der Waals surface area contributed by atoms with Crippen molar-refractivity contribution in [3.05, 3.63) is 82.5 Å². The summed E-state index contributed by atoms with van der Waals surface area (Å²) in [4.78, 5) is 16.3. The van der Waals surface area contributed by atoms with Crippen LogP contribution in [0.5, 0.6) is 0 Å². The van der Waals surface area contributed by atoms with Crippen LogP contribution in [-0.4, -0.2) is 32.1 Å². The predicted octanol–water partition coefficient (Wildman–Crippen LogP) is 4.37. The third kappa shape index (κ3) is 5.27. The summed E-state index contributed by atoms with van der Waals surface area (Å²) >= 11 is 0. The number of esters is 1. The smallest absolute Gasteiger partial charge is 0.354 e. The van der Waals surface area contributed by atoms with Gasteiger partial charge in [0.2, 0.25) is 15.7 Å². The van der Waals surface area contributed by atoms with Crippen molar-refractivity contribution in [2.75, 3.05) is 13.2 Å². The number of rotatable bonds is 9. The number of aromatic nitrogens is 1. The van der Waals surface area contributed by atoms with Gasteiger partial charge in [0.15, 0.2) is 0 Å². The molecule has 3 rings (SSSR count). The molecule has 0 spiro atoms. The van der Waals surface area contributed by atoms with Gasteiger partial charge in [-0.25, -0.2) is 22.8 Å². The molecular formula is C26H26N4O4S. The minimum atomic E-state index is -3.82. The van der Waals surface area contributed by atoms with Gasteiger partial charge in [-0.3, -0.25) is 0 Å². The zero-order chi connectivity index (χ0) is 25.6. The summed E-state index contributed by atoms with van der Waals surface area (Å²) in [7, 11) is -2.06. The standard InChI is InChI=1S/C26H26N4O4S/c1-5-21-24(28-3)23(25(30(21)4)26(31)34-6-2)19-13-11-18(12-14-19)15-16-29-35(32,33)22-10-8-7-9-20(22)17-27/h7-14,29H,5-6,15-16H2,1-2,4H3. The van der Waals surface area contributed by atoms with Crippen LogP contribution in [-0.2, 0) is 34.6 Å². The zero-order valence-corrected chi connectivity index (χ0v) is 20.6. The van der Waals surface area contributed by atoms with E-state index in [4.69, 9.17) is 16.6 Å². The number of hydrogen-bond acceptors (Lipinski definition) is 5. The maximum Gasteiger partial charge on any atom is 0.354 e. The second-order valence-electron chi connectivity index (χ2n) is 7.72. The summed E-state index contributed by atoms with van der Waals surface area (Å²) in [5.74, 6) is -0.481. The van der Waals surface area contributed by atoms with Crippen molar-refractivity contribution in [1.29, 1.82) is 5.26 Å². The maximum absolute atomic E-state index is 12.7. The van der Waals surface area contributed by atoms with Crippen molar-refractivity contribution in [2.45, 2.75) is 31.6 Å². The summed E-state index contributed by atoms with van der Waals surface area (Å²) in [6.45, 7) is 11.7. The summed E-state index contributed by atoms with van der Waals surface area (Å²) in [5.41, 5.74) is 3.74. The molecule has 0 fully saturated rings. The molecule has 2 aromatic carbocycles. The summed E-state index contributed by atoms with van der Waals surface area (Å²) in [6, 6.07) is 15.3. The Labute approximate surface area is 205 Å². The number of sulfonamides is 1. The number of carbonyl (C=O) groups is 1. The topological polar surface area (TPSA) is 106 Å². The largest absolute Gasteiger partial charge is 0.461 e. The van der Waals surface area contributed by atoms with E-state index in [0.717, 1.165) is 11.3 Å². The van der Waals surface area contributed by atoms with Crippen molar-refractivity contribution in [1.82, 2.24) is 9.29 Å². The van der Waals surface area contributed by atoms with E-state index >= 15 is 0 Å². The fourth-order valence-electron chi connectivity index (χ4n) is 3.99. The first kappa shape index (κ1) is 25.7. The molecule has 0 bridgehead atoms. The molecule has 1 aromatic heterocycles. The molecule has 35 heavy (non-hydrogen) atoms. The van der Waals surface area contributed by atoms with Crippen molar-refractivity contribution < 1.29 is 17.9 Å². The predicted molar refractivity (Wildman–Crippen MR) is 132 cm³/mol. The van der Waals surface area contributed by atoms with Crippen LogP contribution >= 0.6 is 0 Å². The van der Waals surface area contributed by atoms with Crippen LogP contribution in [0, 0.1) is 17.9 Å². The van der Waals surface area contributed by atoms with Gasteiger partial charge < -0.3 is 9.30 Å². The first-order valence-electron chi connectivity index (χ1n) is 11.1. The van der Waals surface area contributed by atoms with Crippen LogP contribution in [0.3, 0.4) is 0 Å². The Morgan fingerprint density at radius 1 is 1.17 bits per heavy atom. The molecule has 0 unspecified atom stereocenters. The molecule has 0 saturated carbocycles. The molecular weight excluding hydrogens is 464 g/mol. The average molecular weight is 491 g/mol. The van der Waals surface area contributed by atoms with Gasteiger partial charge in [0.25, 0.3) is 0 Å². The molecule has 0 aliphatic carbocycles. The number of carbonyl (C=O) groups excluding carboxylic acids is 1. The van der Waals surface area contributed by atoms with E-state index in [-0.39, 0.29) is 23.6 Å². The van der Waals surface area contributed by atoms with E-state index < -0.39 is 16.0 Å². The Bertz CT molecular complexity index is 1430. The normalized spacial score (nSPS) is 11.0. The lowest BCUT2D eigenvalue weighted by molar-refractivity contribution is 0.0516. The second-order valence-corrected chi connectivity index (χ2v) is 9.45. The Morgan fingerprint density at radius 2 is 1.86 bits per heavy atom. The molecule has 8 nitrogen and oxygen atoms in total. The molecule has 0 atom stereocenters. The highest BCUT2D eigenvalue weighted by Crippen LogP contribution is 2.39. The summed E-state index contributed by atoms with van der Waals surface area (Å²) in [6.07, 6.45) is 1.01. The van der Waals surface area contributed by atoms with Crippen molar-refractivity contribution >= 4 is 21.7 Å². The van der Waals surface area contributed by atoms with Crippen LogP contribution in [0.2, 0.25) is 0 Å². The van der Waals surface area contributed by atoms with Crippen molar-refractivity contribution in [3.63, 3.8) is 0 Å². The van der Waals surface area contributed by atoms with E-state index in [1.165, 1.54) is 12.1 Å². The molecule has 1 heterocycles. The Hall–Kier alpha value is -3.92. The number of nitriles is 1. The third-order valence-electron chi connectivity index (χ3n) is 5.65. The van der Waals surface area contributed by atoms with Gasteiger partial charge in [0, 0.05) is 24.8 Å². The minimum Gasteiger partial charge on any atom is -0.461 e. The Balaban J connectivity index is 1.83. The lowest BCUT2D eigenvalue weighted by atomic mass is 10.0. The van der Waals surface area contributed by atoms with Gasteiger partial charge >= 0.3 is 5.97 Å². The van der Waals surface area contributed by atoms with Crippen LogP contribution < -0.4 is 4.72 Å². The molecule has 3 aromatic rings. The highest BCUT2D eigenvalue weighted by Gasteiger charge is 2.27. The number of ether oxygens (including phenoxy) is 1. The lowest BCUT2D eigenvalue weighted by Crippen LogP contribution is -2.26. The number of benzene rings is 2. The fraction of sp³-hybridized carbons (Fsp3) is 0.269. The fourth-order valence-corrected chi connectivity index (χ4v) is 5.18. The Morgan fingerprint density at radius 3 is 2.46 bits per heavy atom. The zero-order valence-electron chi connectivity index (χ0n) is 19.8. The van der Waals surface area contributed by atoms with Crippen molar-refractivity contribution in [2.24, 2.45) is 7.05 Å². The molecule has 0 aliphatic heterocycles. The second kappa shape index (κ2) is 11.0. The van der Waals surface area contributed by atoms with Gasteiger partial charge in [-0.1, -0.05) is 43.3 Å². The number of nitrogens with zero attached hydrogens (tertiary/aromatic N) is 3. The summed E-state index contributed by atoms with van der Waals surface area (Å²) < 4.78 is 34.7. The van der Waals surface area contributed by atoms with E-state index in [1.807, 2.05) is 37.3 Å².